The number of piperidine rings is 1. The molecule has 190 valence electrons. The lowest BCUT2D eigenvalue weighted by molar-refractivity contribution is 0.102. The first kappa shape index (κ1) is 24.1. The summed E-state index contributed by atoms with van der Waals surface area (Å²) in [7, 11) is 5.11. The fourth-order valence-electron chi connectivity index (χ4n) is 4.96. The molecule has 36 heavy (non-hydrogen) atoms. The van der Waals surface area contributed by atoms with Crippen molar-refractivity contribution in [1.29, 1.82) is 0 Å². The van der Waals surface area contributed by atoms with Crippen molar-refractivity contribution in [2.45, 2.75) is 31.7 Å². The summed E-state index contributed by atoms with van der Waals surface area (Å²) in [5, 5.41) is 12.4. The zero-order valence-corrected chi connectivity index (χ0v) is 21.3. The maximum atomic E-state index is 13.4. The van der Waals surface area contributed by atoms with Crippen LogP contribution in [0.4, 0.5) is 17.1 Å². The number of carbonyl (C=O) groups excluding carboxylic acids is 1. The van der Waals surface area contributed by atoms with Gasteiger partial charge in [0.25, 0.3) is 5.91 Å². The van der Waals surface area contributed by atoms with E-state index in [0.717, 1.165) is 49.5 Å². The highest BCUT2D eigenvalue weighted by Crippen LogP contribution is 2.34. The Balaban J connectivity index is 1.37. The summed E-state index contributed by atoms with van der Waals surface area (Å²) in [6, 6.07) is 7.97. The number of fused-ring (bicyclic) bond motifs is 1. The summed E-state index contributed by atoms with van der Waals surface area (Å²) in [5.41, 5.74) is 10.2. The number of benzene rings is 2. The normalized spacial score (nSPS) is 16.7. The van der Waals surface area contributed by atoms with Crippen LogP contribution in [0.3, 0.4) is 0 Å². The summed E-state index contributed by atoms with van der Waals surface area (Å²) < 4.78 is 7.23. The molecule has 2 heterocycles. The number of nitrogens with zero attached hydrogens (tertiary/aromatic N) is 4. The lowest BCUT2D eigenvalue weighted by atomic mass is 10.0. The molecule has 1 saturated heterocycles. The van der Waals surface area contributed by atoms with E-state index in [1.807, 2.05) is 25.4 Å². The van der Waals surface area contributed by atoms with Crippen LogP contribution in [-0.4, -0.2) is 61.7 Å². The zero-order chi connectivity index (χ0) is 25.2. The number of anilines is 3. The first-order valence-corrected chi connectivity index (χ1v) is 12.6. The maximum Gasteiger partial charge on any atom is 0.258 e. The third-order valence-electron chi connectivity index (χ3n) is 7.16. The molecule has 1 aliphatic carbocycles. The molecule has 9 heteroatoms. The highest BCUT2D eigenvalue weighted by Gasteiger charge is 2.26. The van der Waals surface area contributed by atoms with E-state index in [1.54, 1.807) is 37.2 Å². The maximum absolute atomic E-state index is 13.4. The number of nitrogens with two attached hydrogens (primary N) is 1. The van der Waals surface area contributed by atoms with Crippen LogP contribution in [0.5, 0.6) is 5.75 Å². The van der Waals surface area contributed by atoms with E-state index in [9.17, 15) is 4.79 Å². The van der Waals surface area contributed by atoms with E-state index < -0.39 is 0 Å². The molecule has 2 aromatic carbocycles. The number of nitrogen functional groups attached to an aromatic ring is 1. The molecule has 1 aliphatic heterocycles. The van der Waals surface area contributed by atoms with E-state index in [2.05, 4.69) is 25.6 Å². The van der Waals surface area contributed by atoms with E-state index in [1.165, 1.54) is 12.8 Å². The fourth-order valence-corrected chi connectivity index (χ4v) is 4.96. The van der Waals surface area contributed by atoms with Gasteiger partial charge in [0.1, 0.15) is 11.3 Å². The van der Waals surface area contributed by atoms with Gasteiger partial charge in [-0.25, -0.2) is 0 Å². The lowest BCUT2D eigenvalue weighted by Gasteiger charge is -2.34. The highest BCUT2D eigenvalue weighted by molar-refractivity contribution is 6.14. The van der Waals surface area contributed by atoms with Gasteiger partial charge in [-0.15, -0.1) is 0 Å². The molecular formula is C27H35N7O2. The van der Waals surface area contributed by atoms with Crippen LogP contribution >= 0.6 is 0 Å². The predicted octanol–water partition coefficient (Wildman–Crippen LogP) is 3.43. The number of nitrogens with one attached hydrogen (secondary N) is 2. The minimum atomic E-state index is -0.254. The van der Waals surface area contributed by atoms with Gasteiger partial charge >= 0.3 is 0 Å². The smallest absolute Gasteiger partial charge is 0.258 e. The second-order valence-electron chi connectivity index (χ2n) is 9.83. The monoisotopic (exact) mass is 489 g/mol. The molecule has 2 aliphatic rings. The molecule has 9 nitrogen and oxygen atoms in total. The molecule has 5 rings (SSSR count). The molecule has 0 radical (unpaired) electrons. The number of ether oxygens (including phenoxy) is 1. The lowest BCUT2D eigenvalue weighted by Crippen LogP contribution is -2.43. The number of amides is 1. The minimum Gasteiger partial charge on any atom is -0.494 e. The molecule has 0 atom stereocenters. The molecule has 1 aromatic heterocycles. The van der Waals surface area contributed by atoms with Crippen LogP contribution in [0.25, 0.3) is 10.9 Å². The molecular weight excluding hydrogens is 454 g/mol. The molecule has 3 aromatic rings. The first-order chi connectivity index (χ1) is 17.5. The van der Waals surface area contributed by atoms with Crippen LogP contribution in [0.15, 0.2) is 35.5 Å². The Morgan fingerprint density at radius 1 is 1.25 bits per heavy atom. The Morgan fingerprint density at radius 3 is 2.72 bits per heavy atom. The Labute approximate surface area is 211 Å². The van der Waals surface area contributed by atoms with Crippen molar-refractivity contribution in [2.75, 3.05) is 49.7 Å². The first-order valence-electron chi connectivity index (χ1n) is 12.6. The van der Waals surface area contributed by atoms with Crippen molar-refractivity contribution in [1.82, 2.24) is 15.1 Å². The summed E-state index contributed by atoms with van der Waals surface area (Å²) in [4.78, 5) is 19.9. The van der Waals surface area contributed by atoms with Crippen LogP contribution in [0.1, 0.15) is 41.6 Å². The standard InChI is InChI=1S/C27H35N7O2/c1-29-15-18-12-23(25(36-3)13-22(18)28)31-27(35)20-6-7-24(21-16-33(2)32-26(20)21)34-10-8-19(9-11-34)30-14-17-4-5-17/h6-7,12-13,15-17,19,30H,4-5,8-11,14,28H2,1-3H3,(H,31,35). The van der Waals surface area contributed by atoms with Crippen molar-refractivity contribution in [3.8, 4) is 5.75 Å². The molecule has 1 amide bonds. The van der Waals surface area contributed by atoms with Crippen molar-refractivity contribution in [3.05, 3.63) is 41.6 Å². The SMILES string of the molecule is CN=Cc1cc(NC(=O)c2ccc(N3CCC(NCC4CC4)CC3)c3cn(C)nc23)c(OC)cc1N. The van der Waals surface area contributed by atoms with Crippen molar-refractivity contribution >= 4 is 40.1 Å². The quantitative estimate of drug-likeness (QED) is 0.330. The largest absolute Gasteiger partial charge is 0.494 e. The number of rotatable bonds is 8. The van der Waals surface area contributed by atoms with Gasteiger partial charge in [-0.3, -0.25) is 14.5 Å². The summed E-state index contributed by atoms with van der Waals surface area (Å²) in [6.07, 6.45) is 8.65. The van der Waals surface area contributed by atoms with E-state index in [4.69, 9.17) is 10.5 Å². The zero-order valence-electron chi connectivity index (χ0n) is 21.3. The average molecular weight is 490 g/mol. The van der Waals surface area contributed by atoms with E-state index >= 15 is 0 Å². The molecule has 2 fully saturated rings. The second-order valence-corrected chi connectivity index (χ2v) is 9.83. The van der Waals surface area contributed by atoms with Gasteiger partial charge in [0.15, 0.2) is 0 Å². The molecule has 0 bridgehead atoms. The second kappa shape index (κ2) is 10.2. The topological polar surface area (TPSA) is 110 Å². The molecule has 1 saturated carbocycles. The minimum absolute atomic E-state index is 0.254. The van der Waals surface area contributed by atoms with Crippen molar-refractivity contribution < 1.29 is 9.53 Å². The van der Waals surface area contributed by atoms with Crippen molar-refractivity contribution in [3.63, 3.8) is 0 Å². The number of aliphatic imine (C=N–C) groups is 1. The van der Waals surface area contributed by atoms with Gasteiger partial charge in [-0.1, -0.05) is 0 Å². The van der Waals surface area contributed by atoms with Gasteiger partial charge in [-0.2, -0.15) is 5.10 Å². The molecule has 4 N–H and O–H groups in total. The van der Waals surface area contributed by atoms with Crippen LogP contribution in [0, 0.1) is 5.92 Å². The van der Waals surface area contributed by atoms with E-state index in [-0.39, 0.29) is 5.91 Å². The number of carbonyl (C=O) groups is 1. The number of aromatic nitrogens is 2. The van der Waals surface area contributed by atoms with Gasteiger partial charge in [0.05, 0.1) is 18.4 Å². The third kappa shape index (κ3) is 5.02. The Morgan fingerprint density at radius 2 is 2.03 bits per heavy atom. The van der Waals surface area contributed by atoms with Gasteiger partial charge in [-0.05, 0) is 56.3 Å². The number of methoxy groups -OCH3 is 1. The average Bonchev–Trinajstić information content (AvgIpc) is 3.62. The predicted molar refractivity (Wildman–Crippen MR) is 146 cm³/mol. The van der Waals surface area contributed by atoms with E-state index in [0.29, 0.717) is 39.8 Å². The molecule has 0 spiro atoms. The van der Waals surface area contributed by atoms with Gasteiger partial charge < -0.3 is 26.0 Å². The fraction of sp³-hybridized carbons (Fsp3) is 0.444. The van der Waals surface area contributed by atoms with Gasteiger partial charge in [0, 0.05) is 74.0 Å². The van der Waals surface area contributed by atoms with Crippen LogP contribution in [0.2, 0.25) is 0 Å². The van der Waals surface area contributed by atoms with Crippen LogP contribution < -0.4 is 26.0 Å². The molecule has 0 unspecified atom stereocenters. The Bertz CT molecular complexity index is 1290. The number of aryl methyl sites for hydroxylation is 1. The third-order valence-corrected chi connectivity index (χ3v) is 7.16. The number of hydrogen-bond donors (Lipinski definition) is 3. The van der Waals surface area contributed by atoms with Gasteiger partial charge in [0.2, 0.25) is 0 Å². The summed E-state index contributed by atoms with van der Waals surface area (Å²) in [6.45, 7) is 3.14. The van der Waals surface area contributed by atoms with Crippen LogP contribution in [-0.2, 0) is 7.05 Å². The van der Waals surface area contributed by atoms with Crippen molar-refractivity contribution in [2.24, 2.45) is 18.0 Å². The number of hydrogen-bond acceptors (Lipinski definition) is 7. The summed E-state index contributed by atoms with van der Waals surface area (Å²) >= 11 is 0. The Hall–Kier alpha value is -3.59. The summed E-state index contributed by atoms with van der Waals surface area (Å²) in [5.74, 6) is 1.13. The Kier molecular flexibility index (Phi) is 6.82. The highest BCUT2D eigenvalue weighted by atomic mass is 16.5.